The highest BCUT2D eigenvalue weighted by atomic mass is 16.3. The van der Waals surface area contributed by atoms with E-state index in [1.54, 1.807) is 6.26 Å². The molecule has 0 bridgehead atoms. The predicted molar refractivity (Wildman–Crippen MR) is 68.1 cm³/mol. The Labute approximate surface area is 105 Å². The van der Waals surface area contributed by atoms with Gasteiger partial charge < -0.3 is 15.1 Å². The SMILES string of the molecule is O=C(NCc1ccco1)C1Cc2ccccc2N1. The number of fused-ring (bicyclic) bond motifs is 1. The largest absolute Gasteiger partial charge is 0.467 e. The molecule has 18 heavy (non-hydrogen) atoms. The van der Waals surface area contributed by atoms with Crippen molar-refractivity contribution in [3.8, 4) is 0 Å². The molecule has 0 spiro atoms. The van der Waals surface area contributed by atoms with E-state index in [9.17, 15) is 4.79 Å². The van der Waals surface area contributed by atoms with Crippen LogP contribution in [-0.4, -0.2) is 11.9 Å². The molecule has 1 unspecified atom stereocenters. The smallest absolute Gasteiger partial charge is 0.243 e. The van der Waals surface area contributed by atoms with Crippen LogP contribution in [0.4, 0.5) is 5.69 Å². The summed E-state index contributed by atoms with van der Waals surface area (Å²) >= 11 is 0. The lowest BCUT2D eigenvalue weighted by molar-refractivity contribution is -0.121. The average molecular weight is 242 g/mol. The molecule has 2 N–H and O–H groups in total. The molecule has 2 heterocycles. The molecule has 1 amide bonds. The third-order valence-electron chi connectivity index (χ3n) is 3.10. The number of anilines is 1. The van der Waals surface area contributed by atoms with Gasteiger partial charge in [0.25, 0.3) is 0 Å². The fraction of sp³-hybridized carbons (Fsp3) is 0.214. The summed E-state index contributed by atoms with van der Waals surface area (Å²) in [6, 6.07) is 11.5. The lowest BCUT2D eigenvalue weighted by atomic mass is 10.1. The third kappa shape index (κ3) is 2.09. The Balaban J connectivity index is 1.59. The summed E-state index contributed by atoms with van der Waals surface area (Å²) in [5.41, 5.74) is 2.24. The average Bonchev–Trinajstić information content (AvgIpc) is 3.04. The van der Waals surface area contributed by atoms with Crippen LogP contribution >= 0.6 is 0 Å². The second kappa shape index (κ2) is 4.56. The standard InChI is InChI=1S/C14H14N2O2/c17-14(15-9-11-5-3-7-18-11)13-8-10-4-1-2-6-12(10)16-13/h1-7,13,16H,8-9H2,(H,15,17). The second-order valence-electron chi connectivity index (χ2n) is 4.36. The molecule has 0 fully saturated rings. The van der Waals surface area contributed by atoms with E-state index in [-0.39, 0.29) is 11.9 Å². The molecule has 0 saturated carbocycles. The zero-order valence-electron chi connectivity index (χ0n) is 9.85. The maximum atomic E-state index is 12.0. The van der Waals surface area contributed by atoms with Crippen molar-refractivity contribution in [3.05, 3.63) is 54.0 Å². The summed E-state index contributed by atoms with van der Waals surface area (Å²) in [5.74, 6) is 0.765. The van der Waals surface area contributed by atoms with Crippen LogP contribution in [0, 0.1) is 0 Å². The maximum Gasteiger partial charge on any atom is 0.243 e. The first-order valence-corrected chi connectivity index (χ1v) is 5.97. The van der Waals surface area contributed by atoms with Gasteiger partial charge in [0, 0.05) is 12.1 Å². The van der Waals surface area contributed by atoms with Gasteiger partial charge in [0.1, 0.15) is 11.8 Å². The number of carbonyl (C=O) groups excluding carboxylic acids is 1. The van der Waals surface area contributed by atoms with Crippen molar-refractivity contribution in [1.82, 2.24) is 5.32 Å². The molecule has 2 aromatic rings. The van der Waals surface area contributed by atoms with Crippen LogP contribution in [-0.2, 0) is 17.8 Å². The van der Waals surface area contributed by atoms with E-state index in [1.165, 1.54) is 5.56 Å². The van der Waals surface area contributed by atoms with Crippen molar-refractivity contribution in [3.63, 3.8) is 0 Å². The number of rotatable bonds is 3. The molecule has 1 aromatic heterocycles. The number of benzene rings is 1. The van der Waals surface area contributed by atoms with Gasteiger partial charge in [-0.2, -0.15) is 0 Å². The highest BCUT2D eigenvalue weighted by molar-refractivity contribution is 5.87. The molecular formula is C14H14N2O2. The molecule has 0 saturated heterocycles. The molecule has 4 heteroatoms. The van der Waals surface area contributed by atoms with Gasteiger partial charge in [0.05, 0.1) is 12.8 Å². The van der Waals surface area contributed by atoms with Gasteiger partial charge >= 0.3 is 0 Å². The molecule has 4 nitrogen and oxygen atoms in total. The van der Waals surface area contributed by atoms with E-state index < -0.39 is 0 Å². The molecule has 92 valence electrons. The van der Waals surface area contributed by atoms with Gasteiger partial charge in [0.15, 0.2) is 0 Å². The molecule has 1 aromatic carbocycles. The maximum absolute atomic E-state index is 12.0. The number of hydrogen-bond donors (Lipinski definition) is 2. The van der Waals surface area contributed by atoms with Crippen LogP contribution in [0.3, 0.4) is 0 Å². The Bertz CT molecular complexity index is 524. The van der Waals surface area contributed by atoms with Crippen molar-refractivity contribution in [2.24, 2.45) is 0 Å². The summed E-state index contributed by atoms with van der Waals surface area (Å²) < 4.78 is 5.17. The summed E-state index contributed by atoms with van der Waals surface area (Å²) in [5, 5.41) is 6.09. The minimum atomic E-state index is -0.183. The Morgan fingerprint density at radius 1 is 1.33 bits per heavy atom. The van der Waals surface area contributed by atoms with Crippen molar-refractivity contribution < 1.29 is 9.21 Å². The first-order chi connectivity index (χ1) is 8.83. The molecular weight excluding hydrogens is 228 g/mol. The Hall–Kier alpha value is -2.23. The Morgan fingerprint density at radius 2 is 2.22 bits per heavy atom. The summed E-state index contributed by atoms with van der Waals surface area (Å²) in [7, 11) is 0. The van der Waals surface area contributed by atoms with E-state index in [1.807, 2.05) is 36.4 Å². The quantitative estimate of drug-likeness (QED) is 0.864. The van der Waals surface area contributed by atoms with E-state index in [2.05, 4.69) is 10.6 Å². The van der Waals surface area contributed by atoms with Gasteiger partial charge in [-0.25, -0.2) is 0 Å². The minimum Gasteiger partial charge on any atom is -0.467 e. The van der Waals surface area contributed by atoms with Crippen LogP contribution < -0.4 is 10.6 Å². The van der Waals surface area contributed by atoms with Crippen LogP contribution in [0.5, 0.6) is 0 Å². The van der Waals surface area contributed by atoms with E-state index in [0.717, 1.165) is 17.9 Å². The van der Waals surface area contributed by atoms with E-state index in [0.29, 0.717) is 6.54 Å². The fourth-order valence-corrected chi connectivity index (χ4v) is 2.17. The molecule has 0 aliphatic carbocycles. The first kappa shape index (κ1) is 10.9. The Kier molecular flexibility index (Phi) is 2.76. The van der Waals surface area contributed by atoms with Crippen LogP contribution in [0.1, 0.15) is 11.3 Å². The monoisotopic (exact) mass is 242 g/mol. The van der Waals surface area contributed by atoms with Crippen LogP contribution in [0.15, 0.2) is 47.1 Å². The molecule has 3 rings (SSSR count). The van der Waals surface area contributed by atoms with Gasteiger partial charge in [-0.15, -0.1) is 0 Å². The minimum absolute atomic E-state index is 0.00241. The molecule has 1 aliphatic rings. The molecule has 1 aliphatic heterocycles. The van der Waals surface area contributed by atoms with Gasteiger partial charge in [-0.05, 0) is 23.8 Å². The van der Waals surface area contributed by atoms with Gasteiger partial charge in [-0.1, -0.05) is 18.2 Å². The van der Waals surface area contributed by atoms with Gasteiger partial charge in [0.2, 0.25) is 5.91 Å². The lowest BCUT2D eigenvalue weighted by Crippen LogP contribution is -2.37. The summed E-state index contributed by atoms with van der Waals surface area (Å²) in [6.07, 6.45) is 2.34. The predicted octanol–water partition coefficient (Wildman–Crippen LogP) is 1.93. The second-order valence-corrected chi connectivity index (χ2v) is 4.36. The molecule has 1 atom stereocenters. The number of hydrogen-bond acceptors (Lipinski definition) is 3. The van der Waals surface area contributed by atoms with Gasteiger partial charge in [-0.3, -0.25) is 4.79 Å². The highest BCUT2D eigenvalue weighted by Gasteiger charge is 2.25. The van der Waals surface area contributed by atoms with Crippen LogP contribution in [0.2, 0.25) is 0 Å². The van der Waals surface area contributed by atoms with Crippen molar-refractivity contribution in [2.45, 2.75) is 19.0 Å². The number of nitrogens with one attached hydrogen (secondary N) is 2. The summed E-state index contributed by atoms with van der Waals surface area (Å²) in [6.45, 7) is 0.431. The lowest BCUT2D eigenvalue weighted by Gasteiger charge is -2.10. The first-order valence-electron chi connectivity index (χ1n) is 5.97. The Morgan fingerprint density at radius 3 is 3.00 bits per heavy atom. The van der Waals surface area contributed by atoms with E-state index >= 15 is 0 Å². The van der Waals surface area contributed by atoms with Crippen LogP contribution in [0.25, 0.3) is 0 Å². The zero-order chi connectivity index (χ0) is 12.4. The van der Waals surface area contributed by atoms with Crippen molar-refractivity contribution in [2.75, 3.05) is 5.32 Å². The van der Waals surface area contributed by atoms with Crippen molar-refractivity contribution in [1.29, 1.82) is 0 Å². The molecule has 0 radical (unpaired) electrons. The van der Waals surface area contributed by atoms with Crippen molar-refractivity contribution >= 4 is 11.6 Å². The number of furan rings is 1. The third-order valence-corrected chi connectivity index (χ3v) is 3.10. The topological polar surface area (TPSA) is 54.3 Å². The highest BCUT2D eigenvalue weighted by Crippen LogP contribution is 2.25. The fourth-order valence-electron chi connectivity index (χ4n) is 2.17. The zero-order valence-corrected chi connectivity index (χ0v) is 9.85. The van der Waals surface area contributed by atoms with E-state index in [4.69, 9.17) is 4.42 Å². The summed E-state index contributed by atoms with van der Waals surface area (Å²) in [4.78, 5) is 12.0. The number of carbonyl (C=O) groups is 1. The number of para-hydroxylation sites is 1. The number of amides is 1. The normalized spacial score (nSPS) is 17.0.